The molecule has 0 unspecified atom stereocenters. The van der Waals surface area contributed by atoms with E-state index >= 15 is 0 Å². The molecule has 0 aliphatic heterocycles. The molecule has 1 saturated carbocycles. The molecular weight excluding hydrogens is 372 g/mol. The van der Waals surface area contributed by atoms with E-state index in [0.29, 0.717) is 21.9 Å². The summed E-state index contributed by atoms with van der Waals surface area (Å²) in [5, 5.41) is 12.5. The largest absolute Gasteiger partial charge is 0.489 e. The first kappa shape index (κ1) is 21.8. The summed E-state index contributed by atoms with van der Waals surface area (Å²) in [6.07, 6.45) is 6.77. The lowest BCUT2D eigenvalue weighted by atomic mass is 9.49. The van der Waals surface area contributed by atoms with Gasteiger partial charge < -0.3 is 10.1 Å². The average Bonchev–Trinajstić information content (AvgIpc) is 2.64. The number of hydrogen-bond acceptors (Lipinski definition) is 3. The molecule has 1 N–H and O–H groups in total. The number of ether oxygens (including phenoxy) is 1. The maximum absolute atomic E-state index is 12.7. The fourth-order valence-electron chi connectivity index (χ4n) is 4.28. The van der Waals surface area contributed by atoms with Crippen molar-refractivity contribution in [3.63, 3.8) is 0 Å². The molecule has 1 aromatic rings. The first-order chi connectivity index (χ1) is 13.1. The van der Waals surface area contributed by atoms with Crippen LogP contribution in [0.25, 0.3) is 0 Å². The molecule has 1 amide bonds. The Balaban J connectivity index is 2.18. The van der Waals surface area contributed by atoms with Crippen LogP contribution in [0.5, 0.6) is 5.75 Å². The molecule has 1 aromatic carbocycles. The molecule has 0 radical (unpaired) electrons. The van der Waals surface area contributed by atoms with Crippen molar-refractivity contribution in [2.75, 3.05) is 0 Å². The first-order valence-corrected chi connectivity index (χ1v) is 9.60. The number of nitriles is 1. The van der Waals surface area contributed by atoms with E-state index in [2.05, 4.69) is 39.6 Å². The fourth-order valence-corrected chi connectivity index (χ4v) is 4.50. The molecule has 28 heavy (non-hydrogen) atoms. The van der Waals surface area contributed by atoms with Crippen LogP contribution in [0.1, 0.15) is 40.2 Å². The number of nitrogens with zero attached hydrogens (tertiary/aromatic N) is 1. The fraction of sp³-hybridized carbons (Fsp3) is 0.391. The minimum absolute atomic E-state index is 0.0709. The van der Waals surface area contributed by atoms with E-state index in [-0.39, 0.29) is 28.9 Å². The van der Waals surface area contributed by atoms with Crippen LogP contribution < -0.4 is 10.1 Å². The maximum atomic E-state index is 12.7. The predicted octanol–water partition coefficient (Wildman–Crippen LogP) is 5.20. The molecule has 1 aliphatic carbocycles. The van der Waals surface area contributed by atoms with E-state index in [1.165, 1.54) is 0 Å². The summed E-state index contributed by atoms with van der Waals surface area (Å²) in [5.74, 6) is 0.495. The van der Waals surface area contributed by atoms with Gasteiger partial charge in [0, 0.05) is 28.5 Å². The van der Waals surface area contributed by atoms with Crippen molar-refractivity contribution in [1.29, 1.82) is 5.26 Å². The Bertz CT molecular complexity index is 859. The van der Waals surface area contributed by atoms with Crippen molar-refractivity contribution in [3.8, 4) is 11.8 Å². The molecule has 0 heterocycles. The summed E-state index contributed by atoms with van der Waals surface area (Å²) in [4.78, 5) is 12.7. The molecule has 5 heteroatoms. The lowest BCUT2D eigenvalue weighted by Gasteiger charge is -2.63. The molecule has 0 saturated heterocycles. The zero-order valence-electron chi connectivity index (χ0n) is 17.0. The quantitative estimate of drug-likeness (QED) is 0.529. The summed E-state index contributed by atoms with van der Waals surface area (Å²) in [6, 6.07) is 7.04. The number of hydrogen-bond donors (Lipinski definition) is 1. The molecule has 0 spiro atoms. The van der Waals surface area contributed by atoms with Gasteiger partial charge in [0.2, 0.25) is 0 Å². The Labute approximate surface area is 172 Å². The van der Waals surface area contributed by atoms with Crippen LogP contribution in [-0.2, 0) is 4.79 Å². The SMILES string of the molecule is C=C/C=C\C(=C/C)C(=O)NC1C(C)(C)C(Oc2ccc(C#N)c(Cl)c2)C1(C)C. The molecule has 1 aliphatic rings. The lowest BCUT2D eigenvalue weighted by molar-refractivity contribution is -0.172. The van der Waals surface area contributed by atoms with Gasteiger partial charge in [-0.2, -0.15) is 5.26 Å². The number of carbonyl (C=O) groups excluding carboxylic acids is 1. The van der Waals surface area contributed by atoms with E-state index in [1.54, 1.807) is 42.5 Å². The maximum Gasteiger partial charge on any atom is 0.251 e. The van der Waals surface area contributed by atoms with Gasteiger partial charge in [-0.15, -0.1) is 0 Å². The molecule has 1 fully saturated rings. The summed E-state index contributed by atoms with van der Waals surface area (Å²) in [6.45, 7) is 13.8. The van der Waals surface area contributed by atoms with Gasteiger partial charge in [-0.1, -0.05) is 64.1 Å². The van der Waals surface area contributed by atoms with Gasteiger partial charge in [0.1, 0.15) is 17.9 Å². The molecule has 0 atom stereocenters. The third-order valence-corrected chi connectivity index (χ3v) is 5.73. The highest BCUT2D eigenvalue weighted by molar-refractivity contribution is 6.31. The summed E-state index contributed by atoms with van der Waals surface area (Å²) < 4.78 is 6.24. The molecule has 0 bridgehead atoms. The van der Waals surface area contributed by atoms with Gasteiger partial charge in [-0.05, 0) is 25.1 Å². The Morgan fingerprint density at radius 2 is 1.96 bits per heavy atom. The van der Waals surface area contributed by atoms with Crippen LogP contribution in [0.2, 0.25) is 5.02 Å². The number of nitrogens with one attached hydrogen (secondary N) is 1. The summed E-state index contributed by atoms with van der Waals surface area (Å²) in [7, 11) is 0. The monoisotopic (exact) mass is 398 g/mol. The van der Waals surface area contributed by atoms with Crippen molar-refractivity contribution in [1.82, 2.24) is 5.32 Å². The number of halogens is 1. The van der Waals surface area contributed by atoms with Crippen LogP contribution >= 0.6 is 11.6 Å². The second kappa shape index (κ2) is 8.24. The van der Waals surface area contributed by atoms with Crippen LogP contribution in [0.4, 0.5) is 0 Å². The van der Waals surface area contributed by atoms with Gasteiger partial charge in [0.15, 0.2) is 0 Å². The topological polar surface area (TPSA) is 62.1 Å². The minimum Gasteiger partial charge on any atom is -0.489 e. The van der Waals surface area contributed by atoms with Crippen molar-refractivity contribution >= 4 is 17.5 Å². The van der Waals surface area contributed by atoms with E-state index < -0.39 is 0 Å². The van der Waals surface area contributed by atoms with Gasteiger partial charge >= 0.3 is 0 Å². The normalized spacial score (nSPS) is 22.8. The smallest absolute Gasteiger partial charge is 0.251 e. The second-order valence-corrected chi connectivity index (χ2v) is 8.55. The highest BCUT2D eigenvalue weighted by Gasteiger charge is 2.64. The van der Waals surface area contributed by atoms with Crippen LogP contribution in [0.3, 0.4) is 0 Å². The Kier molecular flexibility index (Phi) is 6.41. The number of carbonyl (C=O) groups is 1. The van der Waals surface area contributed by atoms with Crippen molar-refractivity contribution < 1.29 is 9.53 Å². The van der Waals surface area contributed by atoms with Gasteiger partial charge in [-0.25, -0.2) is 0 Å². The Morgan fingerprint density at radius 1 is 1.32 bits per heavy atom. The van der Waals surface area contributed by atoms with Crippen molar-refractivity contribution in [2.24, 2.45) is 10.8 Å². The number of allylic oxidation sites excluding steroid dienone is 3. The third kappa shape index (κ3) is 4.00. The van der Waals surface area contributed by atoms with Gasteiger partial charge in [-0.3, -0.25) is 4.79 Å². The molecule has 4 nitrogen and oxygen atoms in total. The molecular formula is C23H27ClN2O2. The van der Waals surface area contributed by atoms with Crippen LogP contribution in [-0.4, -0.2) is 18.1 Å². The van der Waals surface area contributed by atoms with Crippen LogP contribution in [0.15, 0.2) is 54.7 Å². The zero-order valence-corrected chi connectivity index (χ0v) is 17.8. The highest BCUT2D eigenvalue weighted by atomic mass is 35.5. The van der Waals surface area contributed by atoms with Gasteiger partial charge in [0.05, 0.1) is 10.6 Å². The average molecular weight is 399 g/mol. The van der Waals surface area contributed by atoms with Gasteiger partial charge in [0.25, 0.3) is 5.91 Å². The molecule has 148 valence electrons. The number of rotatable bonds is 6. The van der Waals surface area contributed by atoms with E-state index in [4.69, 9.17) is 21.6 Å². The van der Waals surface area contributed by atoms with Crippen molar-refractivity contribution in [2.45, 2.75) is 46.8 Å². The van der Waals surface area contributed by atoms with E-state index in [0.717, 1.165) is 0 Å². The second-order valence-electron chi connectivity index (χ2n) is 8.14. The third-order valence-electron chi connectivity index (χ3n) is 5.41. The van der Waals surface area contributed by atoms with E-state index in [9.17, 15) is 4.79 Å². The molecule has 0 aromatic heterocycles. The Hall–Kier alpha value is -2.51. The summed E-state index contributed by atoms with van der Waals surface area (Å²) >= 11 is 6.13. The van der Waals surface area contributed by atoms with Crippen molar-refractivity contribution in [3.05, 3.63) is 65.2 Å². The standard InChI is InChI=1S/C23H27ClN2O2/c1-7-9-10-15(8-2)19(27)26-20-22(3,4)21(23(20,5)6)28-17-12-11-16(14-25)18(24)13-17/h7-13,20-21H,1H2,2-6H3,(H,26,27)/b10-9-,15-8+. The highest BCUT2D eigenvalue weighted by Crippen LogP contribution is 2.55. The molecule has 2 rings (SSSR count). The number of amides is 1. The Morgan fingerprint density at radius 3 is 2.46 bits per heavy atom. The summed E-state index contributed by atoms with van der Waals surface area (Å²) in [5.41, 5.74) is 0.425. The first-order valence-electron chi connectivity index (χ1n) is 9.22. The van der Waals surface area contributed by atoms with E-state index in [1.807, 2.05) is 13.0 Å². The predicted molar refractivity (Wildman–Crippen MR) is 113 cm³/mol. The minimum atomic E-state index is -0.291. The lowest BCUT2D eigenvalue weighted by Crippen LogP contribution is -2.74. The van der Waals surface area contributed by atoms with Crippen LogP contribution in [0, 0.1) is 22.2 Å². The zero-order chi connectivity index (χ0) is 21.1. The number of benzene rings is 1.